The van der Waals surface area contributed by atoms with Gasteiger partial charge in [0.05, 0.1) is 17.7 Å². The molecular weight excluding hydrogens is 462 g/mol. The molecule has 4 nitrogen and oxygen atoms in total. The Labute approximate surface area is 184 Å². The Morgan fingerprint density at radius 1 is 1.06 bits per heavy atom. The number of rotatable bonds is 9. The van der Waals surface area contributed by atoms with Crippen LogP contribution in [0.4, 0.5) is 35.1 Å². The van der Waals surface area contributed by atoms with Gasteiger partial charge in [-0.2, -0.15) is 31.6 Å². The summed E-state index contributed by atoms with van der Waals surface area (Å²) in [5.74, 6) is -4.91. The fourth-order valence-electron chi connectivity index (χ4n) is 3.51. The lowest BCUT2D eigenvalue weighted by Crippen LogP contribution is -2.53. The van der Waals surface area contributed by atoms with Crippen molar-refractivity contribution < 1.29 is 39.9 Å². The van der Waals surface area contributed by atoms with Gasteiger partial charge in [0, 0.05) is 12.8 Å². The predicted molar refractivity (Wildman–Crippen MR) is 99.8 cm³/mol. The topological polar surface area (TPSA) is 64.9 Å². The largest absolute Gasteiger partial charge is 0.416 e. The lowest BCUT2D eigenvalue weighted by atomic mass is 9.98. The standard InChI is InChI=1S/C21H21F8N3O/c22-19(23,9-12-1-2-12)10-15(17(33)32-18(11-30)7-8-18)31-16(21(27,28)29)13-3-5-14(6-4-13)20(24,25)26/h3-6,12,15-16,31H,1-2,7-10H2,(H,32,33). The molecule has 0 heterocycles. The van der Waals surface area contributed by atoms with Gasteiger partial charge in [-0.05, 0) is 49.3 Å². The second kappa shape index (κ2) is 8.74. The Hall–Kier alpha value is -2.42. The molecule has 2 unspecified atom stereocenters. The maximum absolute atomic E-state index is 14.5. The average molecular weight is 483 g/mol. The monoisotopic (exact) mass is 483 g/mol. The number of nitrogens with zero attached hydrogens (tertiary/aromatic N) is 1. The van der Waals surface area contributed by atoms with Gasteiger partial charge in [-0.1, -0.05) is 12.1 Å². The molecule has 0 radical (unpaired) electrons. The molecule has 0 aliphatic heterocycles. The predicted octanol–water partition coefficient (Wildman–Crippen LogP) is 5.26. The zero-order valence-electron chi connectivity index (χ0n) is 17.2. The van der Waals surface area contributed by atoms with Crippen molar-refractivity contribution in [3.63, 3.8) is 0 Å². The zero-order valence-corrected chi connectivity index (χ0v) is 17.2. The first-order valence-corrected chi connectivity index (χ1v) is 10.3. The minimum atomic E-state index is -5.10. The molecule has 0 spiro atoms. The molecule has 3 rings (SSSR count). The van der Waals surface area contributed by atoms with Crippen LogP contribution in [0.2, 0.25) is 0 Å². The van der Waals surface area contributed by atoms with E-state index in [1.165, 1.54) is 0 Å². The van der Waals surface area contributed by atoms with E-state index in [1.54, 1.807) is 6.07 Å². The number of carbonyl (C=O) groups excluding carboxylic acids is 1. The normalized spacial score (nSPS) is 20.0. The lowest BCUT2D eigenvalue weighted by Gasteiger charge is -2.30. The number of nitriles is 1. The zero-order chi connectivity index (χ0) is 24.7. The highest BCUT2D eigenvalue weighted by Gasteiger charge is 2.50. The van der Waals surface area contributed by atoms with Crippen molar-refractivity contribution in [1.29, 1.82) is 5.26 Å². The van der Waals surface area contributed by atoms with Crippen molar-refractivity contribution in [2.75, 3.05) is 0 Å². The van der Waals surface area contributed by atoms with E-state index in [-0.39, 0.29) is 18.8 Å². The molecule has 0 bridgehead atoms. The summed E-state index contributed by atoms with van der Waals surface area (Å²) in [5.41, 5.74) is -3.15. The lowest BCUT2D eigenvalue weighted by molar-refractivity contribution is -0.163. The molecule has 2 N–H and O–H groups in total. The van der Waals surface area contributed by atoms with Crippen LogP contribution in [0, 0.1) is 17.2 Å². The van der Waals surface area contributed by atoms with Crippen LogP contribution in [0.15, 0.2) is 24.3 Å². The van der Waals surface area contributed by atoms with E-state index in [0.29, 0.717) is 37.1 Å². The highest BCUT2D eigenvalue weighted by atomic mass is 19.4. The Bertz CT molecular complexity index is 896. The van der Waals surface area contributed by atoms with Crippen molar-refractivity contribution in [2.45, 2.75) is 74.4 Å². The van der Waals surface area contributed by atoms with Crippen molar-refractivity contribution >= 4 is 5.91 Å². The molecule has 2 atom stereocenters. The summed E-state index contributed by atoms with van der Waals surface area (Å²) in [4.78, 5) is 12.6. The van der Waals surface area contributed by atoms with Crippen LogP contribution < -0.4 is 10.6 Å². The molecule has 1 amide bonds. The van der Waals surface area contributed by atoms with Gasteiger partial charge in [0.25, 0.3) is 0 Å². The summed E-state index contributed by atoms with van der Waals surface area (Å²) in [6, 6.07) is -0.839. The quantitative estimate of drug-likeness (QED) is 0.471. The van der Waals surface area contributed by atoms with Gasteiger partial charge < -0.3 is 5.32 Å². The summed E-state index contributed by atoms with van der Waals surface area (Å²) in [5, 5.41) is 13.2. The number of benzene rings is 1. The third-order valence-electron chi connectivity index (χ3n) is 5.70. The first kappa shape index (κ1) is 25.2. The van der Waals surface area contributed by atoms with Crippen LogP contribution in [0.5, 0.6) is 0 Å². The van der Waals surface area contributed by atoms with Gasteiger partial charge in [-0.15, -0.1) is 0 Å². The van der Waals surface area contributed by atoms with Crippen LogP contribution in [0.1, 0.15) is 55.7 Å². The number of hydrogen-bond donors (Lipinski definition) is 2. The summed E-state index contributed by atoms with van der Waals surface area (Å²) in [6.07, 6.45) is -10.1. The Morgan fingerprint density at radius 2 is 1.64 bits per heavy atom. The number of hydrogen-bond acceptors (Lipinski definition) is 3. The maximum atomic E-state index is 14.5. The molecule has 0 aromatic heterocycles. The van der Waals surface area contributed by atoms with E-state index in [2.05, 4.69) is 5.32 Å². The van der Waals surface area contributed by atoms with Crippen molar-refractivity contribution in [2.24, 2.45) is 5.92 Å². The minimum Gasteiger partial charge on any atom is -0.336 e. The van der Waals surface area contributed by atoms with Crippen molar-refractivity contribution in [3.05, 3.63) is 35.4 Å². The average Bonchev–Trinajstić information content (AvgIpc) is 3.61. The summed E-state index contributed by atoms with van der Waals surface area (Å²) < 4.78 is 109. The molecule has 1 aromatic rings. The number of halogens is 8. The second-order valence-electron chi connectivity index (χ2n) is 8.70. The molecule has 2 aliphatic rings. The fraction of sp³-hybridized carbons (Fsp3) is 0.619. The van der Waals surface area contributed by atoms with Crippen LogP contribution >= 0.6 is 0 Å². The van der Waals surface area contributed by atoms with Gasteiger partial charge in [-0.25, -0.2) is 8.78 Å². The first-order valence-electron chi connectivity index (χ1n) is 10.3. The Balaban J connectivity index is 1.86. The number of nitrogens with one attached hydrogen (secondary N) is 2. The van der Waals surface area contributed by atoms with Gasteiger partial charge in [0.15, 0.2) is 0 Å². The minimum absolute atomic E-state index is 0.238. The highest BCUT2D eigenvalue weighted by molar-refractivity contribution is 5.83. The summed E-state index contributed by atoms with van der Waals surface area (Å²) >= 11 is 0. The molecule has 12 heteroatoms. The van der Waals surface area contributed by atoms with Gasteiger partial charge in [-0.3, -0.25) is 10.1 Å². The molecule has 2 aliphatic carbocycles. The molecule has 2 saturated carbocycles. The third kappa shape index (κ3) is 6.79. The molecular formula is C21H21F8N3O. The van der Waals surface area contributed by atoms with Gasteiger partial charge in [0.2, 0.25) is 11.8 Å². The number of alkyl halides is 8. The summed E-state index contributed by atoms with van der Waals surface area (Å²) in [6.45, 7) is 0. The molecule has 0 saturated heterocycles. The van der Waals surface area contributed by atoms with E-state index in [9.17, 15) is 39.9 Å². The summed E-state index contributed by atoms with van der Waals surface area (Å²) in [7, 11) is 0. The SMILES string of the molecule is N#CC1(NC(=O)C(CC(F)(F)CC2CC2)NC(c2ccc(C(F)(F)F)cc2)C(F)(F)F)CC1. The Kier molecular flexibility index (Phi) is 6.68. The molecule has 182 valence electrons. The van der Waals surface area contributed by atoms with Crippen LogP contribution in [0.25, 0.3) is 0 Å². The highest BCUT2D eigenvalue weighted by Crippen LogP contribution is 2.42. The van der Waals surface area contributed by atoms with Crippen LogP contribution in [0.3, 0.4) is 0 Å². The van der Waals surface area contributed by atoms with Gasteiger partial charge in [0.1, 0.15) is 11.6 Å². The van der Waals surface area contributed by atoms with Gasteiger partial charge >= 0.3 is 12.4 Å². The third-order valence-corrected chi connectivity index (χ3v) is 5.70. The van der Waals surface area contributed by atoms with Crippen molar-refractivity contribution in [1.82, 2.24) is 10.6 Å². The molecule has 1 aromatic carbocycles. The number of amides is 1. The van der Waals surface area contributed by atoms with E-state index >= 15 is 0 Å². The number of carbonyl (C=O) groups is 1. The van der Waals surface area contributed by atoms with Crippen LogP contribution in [-0.2, 0) is 11.0 Å². The van der Waals surface area contributed by atoms with E-state index < -0.39 is 65.8 Å². The Morgan fingerprint density at radius 3 is 2.06 bits per heavy atom. The van der Waals surface area contributed by atoms with E-state index in [0.717, 1.165) is 0 Å². The van der Waals surface area contributed by atoms with E-state index in [4.69, 9.17) is 5.26 Å². The molecule has 2 fully saturated rings. The second-order valence-corrected chi connectivity index (χ2v) is 8.70. The maximum Gasteiger partial charge on any atom is 0.416 e. The van der Waals surface area contributed by atoms with E-state index in [1.807, 2.05) is 5.32 Å². The van der Waals surface area contributed by atoms with Crippen LogP contribution in [-0.4, -0.2) is 29.6 Å². The van der Waals surface area contributed by atoms with Crippen molar-refractivity contribution in [3.8, 4) is 6.07 Å². The smallest absolute Gasteiger partial charge is 0.336 e. The first-order chi connectivity index (χ1) is 15.1. The molecule has 33 heavy (non-hydrogen) atoms. The fourth-order valence-corrected chi connectivity index (χ4v) is 3.51.